The van der Waals surface area contributed by atoms with Crippen LogP contribution in [0.15, 0.2) is 67.0 Å². The Hall–Kier alpha value is -4.25. The van der Waals surface area contributed by atoms with E-state index in [0.717, 1.165) is 39.1 Å². The van der Waals surface area contributed by atoms with Crippen LogP contribution in [0.25, 0.3) is 65.5 Å². The normalized spacial score (nSPS) is 12.1. The third-order valence-corrected chi connectivity index (χ3v) is 6.40. The molecule has 2 N–H and O–H groups in total. The van der Waals surface area contributed by atoms with Crippen molar-refractivity contribution in [3.63, 3.8) is 0 Å². The molecule has 0 bridgehead atoms. The van der Waals surface area contributed by atoms with E-state index >= 15 is 0 Å². The second-order valence-corrected chi connectivity index (χ2v) is 8.45. The lowest BCUT2D eigenvalue weighted by Gasteiger charge is -2.10. The Morgan fingerprint density at radius 3 is 2.31 bits per heavy atom. The Bertz CT molecular complexity index is 1860. The van der Waals surface area contributed by atoms with E-state index in [1.165, 1.54) is 38.1 Å². The lowest BCUT2D eigenvalue weighted by molar-refractivity contribution is 1.17. The Labute approximate surface area is 183 Å². The molecule has 3 heterocycles. The Kier molecular flexibility index (Phi) is 3.34. The maximum Gasteiger partial charge on any atom is 0.104 e. The van der Waals surface area contributed by atoms with Gasteiger partial charge < -0.3 is 9.97 Å². The lowest BCUT2D eigenvalue weighted by atomic mass is 9.95. The lowest BCUT2D eigenvalue weighted by Crippen LogP contribution is -1.86. The highest BCUT2D eigenvalue weighted by molar-refractivity contribution is 6.23. The van der Waals surface area contributed by atoms with Crippen LogP contribution in [0, 0.1) is 13.8 Å². The van der Waals surface area contributed by atoms with Crippen LogP contribution in [-0.4, -0.2) is 24.9 Å². The summed E-state index contributed by atoms with van der Waals surface area (Å²) in [7, 11) is 0. The van der Waals surface area contributed by atoms with Crippen LogP contribution in [0.5, 0.6) is 0 Å². The van der Waals surface area contributed by atoms with Crippen molar-refractivity contribution in [3.05, 3.63) is 78.6 Å². The largest absolute Gasteiger partial charge is 0.342 e. The third-order valence-electron chi connectivity index (χ3n) is 6.40. The summed E-state index contributed by atoms with van der Waals surface area (Å²) in [6, 6.07) is 19.7. The fourth-order valence-electron chi connectivity index (χ4n) is 4.97. The number of aryl methyl sites for hydroxylation is 2. The monoisotopic (exact) mass is 413 g/mol. The van der Waals surface area contributed by atoms with Gasteiger partial charge in [-0.1, -0.05) is 30.3 Å². The van der Waals surface area contributed by atoms with Gasteiger partial charge in [-0.05, 0) is 65.4 Å². The summed E-state index contributed by atoms with van der Waals surface area (Å²) >= 11 is 0. The Balaban J connectivity index is 1.50. The van der Waals surface area contributed by atoms with Crippen molar-refractivity contribution < 1.29 is 0 Å². The van der Waals surface area contributed by atoms with Gasteiger partial charge in [0, 0.05) is 28.6 Å². The van der Waals surface area contributed by atoms with E-state index in [0.29, 0.717) is 0 Å². The van der Waals surface area contributed by atoms with E-state index in [-0.39, 0.29) is 0 Å². The van der Waals surface area contributed by atoms with Crippen LogP contribution in [0.2, 0.25) is 0 Å². The predicted molar refractivity (Wildman–Crippen MR) is 131 cm³/mol. The molecular weight excluding hydrogens is 394 g/mol. The van der Waals surface area contributed by atoms with E-state index in [1.807, 2.05) is 26.2 Å². The van der Waals surface area contributed by atoms with Crippen LogP contribution < -0.4 is 0 Å². The molecule has 0 saturated heterocycles. The third kappa shape index (κ3) is 2.36. The predicted octanol–water partition coefficient (Wildman–Crippen LogP) is 6.58. The second-order valence-electron chi connectivity index (χ2n) is 8.45. The SMILES string of the molecule is Cc1nc2c(ccc3cc(-c4ccc5c(c4)c4ccncc4c4nc(C)[nH]c54)ccc32)[nH]1. The molecule has 4 aromatic carbocycles. The fourth-order valence-corrected chi connectivity index (χ4v) is 4.97. The molecule has 0 radical (unpaired) electrons. The molecular formula is C27H19N5. The zero-order valence-electron chi connectivity index (χ0n) is 17.7. The van der Waals surface area contributed by atoms with Crippen molar-refractivity contribution in [1.82, 2.24) is 24.9 Å². The summed E-state index contributed by atoms with van der Waals surface area (Å²) in [5.74, 6) is 1.85. The van der Waals surface area contributed by atoms with E-state index < -0.39 is 0 Å². The van der Waals surface area contributed by atoms with E-state index in [4.69, 9.17) is 4.98 Å². The minimum Gasteiger partial charge on any atom is -0.342 e. The first-order valence-electron chi connectivity index (χ1n) is 10.7. The molecule has 5 nitrogen and oxygen atoms in total. The van der Waals surface area contributed by atoms with Crippen LogP contribution in [0.3, 0.4) is 0 Å². The van der Waals surface area contributed by atoms with E-state index in [9.17, 15) is 0 Å². The molecule has 3 aromatic heterocycles. The number of hydrogen-bond donors (Lipinski definition) is 2. The molecule has 0 atom stereocenters. The van der Waals surface area contributed by atoms with E-state index in [1.54, 1.807) is 0 Å². The van der Waals surface area contributed by atoms with Gasteiger partial charge in [-0.25, -0.2) is 9.97 Å². The number of nitrogens with zero attached hydrogens (tertiary/aromatic N) is 3. The summed E-state index contributed by atoms with van der Waals surface area (Å²) in [5.41, 5.74) is 6.53. The van der Waals surface area contributed by atoms with Crippen LogP contribution in [0.4, 0.5) is 0 Å². The van der Waals surface area contributed by atoms with Gasteiger partial charge in [-0.2, -0.15) is 0 Å². The molecule has 7 aromatic rings. The molecule has 0 amide bonds. The van der Waals surface area contributed by atoms with Gasteiger partial charge >= 0.3 is 0 Å². The molecule has 7 rings (SSSR count). The molecule has 32 heavy (non-hydrogen) atoms. The van der Waals surface area contributed by atoms with Gasteiger partial charge in [0.15, 0.2) is 0 Å². The molecule has 152 valence electrons. The number of aromatic amines is 2. The molecule has 0 aliphatic heterocycles. The van der Waals surface area contributed by atoms with Crippen LogP contribution >= 0.6 is 0 Å². The maximum atomic E-state index is 4.73. The van der Waals surface area contributed by atoms with Gasteiger partial charge in [-0.3, -0.25) is 4.98 Å². The minimum absolute atomic E-state index is 0.913. The molecule has 0 aliphatic rings. The van der Waals surface area contributed by atoms with Crippen molar-refractivity contribution in [1.29, 1.82) is 0 Å². The summed E-state index contributed by atoms with van der Waals surface area (Å²) in [4.78, 5) is 20.5. The molecule has 0 aliphatic carbocycles. The number of hydrogen-bond acceptors (Lipinski definition) is 3. The van der Waals surface area contributed by atoms with Gasteiger partial charge in [-0.15, -0.1) is 0 Å². The summed E-state index contributed by atoms with van der Waals surface area (Å²) in [6.07, 6.45) is 3.77. The highest BCUT2D eigenvalue weighted by Crippen LogP contribution is 2.36. The van der Waals surface area contributed by atoms with Crippen molar-refractivity contribution in [3.8, 4) is 11.1 Å². The smallest absolute Gasteiger partial charge is 0.104 e. The number of H-pyrrole nitrogens is 2. The number of benzene rings is 4. The van der Waals surface area contributed by atoms with Crippen LogP contribution in [0.1, 0.15) is 11.6 Å². The summed E-state index contributed by atoms with van der Waals surface area (Å²) in [5, 5.41) is 6.99. The molecule has 0 spiro atoms. The Morgan fingerprint density at radius 2 is 1.41 bits per heavy atom. The number of pyridine rings is 1. The highest BCUT2D eigenvalue weighted by Gasteiger charge is 2.13. The first-order valence-corrected chi connectivity index (χ1v) is 10.7. The first-order chi connectivity index (χ1) is 15.7. The first kappa shape index (κ1) is 17.4. The number of fused-ring (bicyclic) bond motifs is 9. The molecule has 5 heteroatoms. The average molecular weight is 413 g/mol. The topological polar surface area (TPSA) is 70.2 Å². The average Bonchev–Trinajstić information content (AvgIpc) is 3.40. The second kappa shape index (κ2) is 6.14. The zero-order valence-corrected chi connectivity index (χ0v) is 17.7. The molecule has 0 saturated carbocycles. The quantitative estimate of drug-likeness (QED) is 0.299. The maximum absolute atomic E-state index is 4.73. The summed E-state index contributed by atoms with van der Waals surface area (Å²) < 4.78 is 0. The van der Waals surface area contributed by atoms with Crippen molar-refractivity contribution in [2.75, 3.05) is 0 Å². The van der Waals surface area contributed by atoms with Crippen molar-refractivity contribution in [2.45, 2.75) is 13.8 Å². The van der Waals surface area contributed by atoms with Gasteiger partial charge in [0.05, 0.1) is 22.1 Å². The number of rotatable bonds is 1. The van der Waals surface area contributed by atoms with E-state index in [2.05, 4.69) is 74.5 Å². The fraction of sp³-hybridized carbons (Fsp3) is 0.0741. The van der Waals surface area contributed by atoms with Crippen molar-refractivity contribution >= 4 is 54.4 Å². The number of aromatic nitrogens is 5. The number of imidazole rings is 2. The molecule has 0 fully saturated rings. The standard InChI is InChI=1S/C27H19N5/c1-14-29-24-8-5-18-11-16(3-6-19(18)25(24)30-14)17-4-7-21-22(12-17)20-9-10-28-13-23(20)27-26(21)31-15(2)32-27/h3-13H,1-2H3,(H,29,30)(H,31,32). The van der Waals surface area contributed by atoms with Gasteiger partial charge in [0.2, 0.25) is 0 Å². The molecule has 0 unspecified atom stereocenters. The Morgan fingerprint density at radius 1 is 0.625 bits per heavy atom. The zero-order chi connectivity index (χ0) is 21.4. The minimum atomic E-state index is 0.913. The summed E-state index contributed by atoms with van der Waals surface area (Å²) in [6.45, 7) is 3.99. The van der Waals surface area contributed by atoms with Gasteiger partial charge in [0.25, 0.3) is 0 Å². The van der Waals surface area contributed by atoms with Crippen molar-refractivity contribution in [2.24, 2.45) is 0 Å². The van der Waals surface area contributed by atoms with Crippen LogP contribution in [-0.2, 0) is 0 Å². The number of nitrogens with one attached hydrogen (secondary N) is 2. The highest BCUT2D eigenvalue weighted by atomic mass is 14.9. The van der Waals surface area contributed by atoms with Gasteiger partial charge in [0.1, 0.15) is 11.6 Å².